The first-order valence-electron chi connectivity index (χ1n) is 7.14. The van der Waals surface area contributed by atoms with Crippen molar-refractivity contribution in [2.45, 2.75) is 19.2 Å². The number of ether oxygens (including phenoxy) is 2. The zero-order valence-corrected chi connectivity index (χ0v) is 13.1. The van der Waals surface area contributed by atoms with Crippen molar-refractivity contribution in [3.05, 3.63) is 46.6 Å². The number of aromatic nitrogens is 2. The van der Waals surface area contributed by atoms with Crippen molar-refractivity contribution < 1.29 is 14.0 Å². The van der Waals surface area contributed by atoms with Gasteiger partial charge in [0, 0.05) is 25.2 Å². The molecule has 1 aliphatic rings. The van der Waals surface area contributed by atoms with Crippen LogP contribution in [0.4, 0.5) is 0 Å². The maximum Gasteiger partial charge on any atom is 0.252 e. The van der Waals surface area contributed by atoms with Crippen LogP contribution in [0.5, 0.6) is 0 Å². The second-order valence-corrected chi connectivity index (χ2v) is 5.60. The van der Waals surface area contributed by atoms with Crippen molar-refractivity contribution in [2.24, 2.45) is 0 Å². The van der Waals surface area contributed by atoms with Crippen LogP contribution in [0, 0.1) is 0 Å². The van der Waals surface area contributed by atoms with E-state index in [2.05, 4.69) is 15.0 Å². The summed E-state index contributed by atoms with van der Waals surface area (Å²) in [4.78, 5) is 6.67. The van der Waals surface area contributed by atoms with Gasteiger partial charge in [0.15, 0.2) is 5.82 Å². The lowest BCUT2D eigenvalue weighted by molar-refractivity contribution is -0.0166. The summed E-state index contributed by atoms with van der Waals surface area (Å²) in [6.45, 7) is 3.19. The topological polar surface area (TPSA) is 60.6 Å². The molecule has 0 unspecified atom stereocenters. The van der Waals surface area contributed by atoms with Crippen molar-refractivity contribution in [3.8, 4) is 0 Å². The zero-order valence-electron chi connectivity index (χ0n) is 12.4. The molecule has 1 aromatic carbocycles. The van der Waals surface area contributed by atoms with E-state index in [4.69, 9.17) is 25.6 Å². The van der Waals surface area contributed by atoms with Gasteiger partial charge in [-0.15, -0.1) is 0 Å². The smallest absolute Gasteiger partial charge is 0.252 e. The van der Waals surface area contributed by atoms with E-state index in [1.54, 1.807) is 7.11 Å². The molecule has 118 valence electrons. The Hall–Kier alpha value is -1.47. The molecule has 0 radical (unpaired) electrons. The predicted octanol–water partition coefficient (Wildman–Crippen LogP) is 2.44. The molecule has 0 aliphatic carbocycles. The van der Waals surface area contributed by atoms with Crippen LogP contribution in [-0.4, -0.2) is 41.9 Å². The summed E-state index contributed by atoms with van der Waals surface area (Å²) < 4.78 is 15.8. The Morgan fingerprint density at radius 3 is 2.95 bits per heavy atom. The fraction of sp³-hybridized carbons (Fsp3) is 0.467. The van der Waals surface area contributed by atoms with Crippen molar-refractivity contribution in [1.82, 2.24) is 15.0 Å². The summed E-state index contributed by atoms with van der Waals surface area (Å²) >= 11 is 5.93. The molecule has 0 N–H and O–H groups in total. The Morgan fingerprint density at radius 2 is 2.18 bits per heavy atom. The largest absolute Gasteiger partial charge is 0.378 e. The van der Waals surface area contributed by atoms with Crippen molar-refractivity contribution in [1.29, 1.82) is 0 Å². The highest BCUT2D eigenvalue weighted by atomic mass is 35.5. The second kappa shape index (κ2) is 7.19. The summed E-state index contributed by atoms with van der Waals surface area (Å²) in [7, 11) is 1.60. The molecule has 1 saturated heterocycles. The Labute approximate surface area is 134 Å². The van der Waals surface area contributed by atoms with E-state index in [0.29, 0.717) is 31.5 Å². The van der Waals surface area contributed by atoms with Gasteiger partial charge >= 0.3 is 0 Å². The minimum Gasteiger partial charge on any atom is -0.378 e. The van der Waals surface area contributed by atoms with E-state index < -0.39 is 0 Å². The quantitative estimate of drug-likeness (QED) is 0.842. The Morgan fingerprint density at radius 1 is 1.36 bits per heavy atom. The maximum absolute atomic E-state index is 5.93. The van der Waals surface area contributed by atoms with Gasteiger partial charge in [0.2, 0.25) is 0 Å². The van der Waals surface area contributed by atoms with Gasteiger partial charge < -0.3 is 14.0 Å². The first-order chi connectivity index (χ1) is 10.8. The van der Waals surface area contributed by atoms with Crippen LogP contribution in [-0.2, 0) is 22.6 Å². The minimum absolute atomic E-state index is 0.0150. The van der Waals surface area contributed by atoms with Crippen LogP contribution in [0.1, 0.15) is 23.3 Å². The fourth-order valence-electron chi connectivity index (χ4n) is 2.47. The summed E-state index contributed by atoms with van der Waals surface area (Å²) in [6.07, 6.45) is 0. The van der Waals surface area contributed by atoms with Gasteiger partial charge in [-0.05, 0) is 17.7 Å². The number of morpholine rings is 1. The molecule has 1 aliphatic heterocycles. The van der Waals surface area contributed by atoms with Crippen LogP contribution >= 0.6 is 11.6 Å². The van der Waals surface area contributed by atoms with Crippen LogP contribution in [0.3, 0.4) is 0 Å². The molecule has 7 heteroatoms. The van der Waals surface area contributed by atoms with Crippen molar-refractivity contribution in [3.63, 3.8) is 0 Å². The number of benzene rings is 1. The monoisotopic (exact) mass is 323 g/mol. The maximum atomic E-state index is 5.93. The third-order valence-corrected chi connectivity index (χ3v) is 3.84. The minimum atomic E-state index is -0.0150. The van der Waals surface area contributed by atoms with E-state index in [0.717, 1.165) is 18.1 Å². The van der Waals surface area contributed by atoms with Crippen molar-refractivity contribution >= 4 is 11.6 Å². The van der Waals surface area contributed by atoms with Gasteiger partial charge in [-0.1, -0.05) is 28.9 Å². The molecular weight excluding hydrogens is 306 g/mol. The highest BCUT2D eigenvalue weighted by Gasteiger charge is 2.28. The molecule has 0 amide bonds. The van der Waals surface area contributed by atoms with Crippen LogP contribution < -0.4 is 0 Å². The predicted molar refractivity (Wildman–Crippen MR) is 80.4 cm³/mol. The standard InChI is InChI=1S/C15H18ClN3O3/c1-20-10-14-17-15(18-22-14)13-9-21-7-6-19(13)8-11-2-4-12(16)5-3-11/h2-5,13H,6-10H2,1H3/t13-/m0/s1. The molecule has 22 heavy (non-hydrogen) atoms. The molecule has 1 fully saturated rings. The second-order valence-electron chi connectivity index (χ2n) is 5.17. The van der Waals surface area contributed by atoms with Gasteiger partial charge in [0.05, 0.1) is 19.3 Å². The fourth-order valence-corrected chi connectivity index (χ4v) is 2.60. The number of nitrogens with zero attached hydrogens (tertiary/aromatic N) is 3. The lowest BCUT2D eigenvalue weighted by atomic mass is 10.1. The molecule has 0 spiro atoms. The summed E-state index contributed by atoms with van der Waals surface area (Å²) in [5.41, 5.74) is 1.19. The molecule has 6 nitrogen and oxygen atoms in total. The van der Waals surface area contributed by atoms with Gasteiger partial charge in [0.1, 0.15) is 6.61 Å². The van der Waals surface area contributed by atoms with Crippen molar-refractivity contribution in [2.75, 3.05) is 26.9 Å². The molecule has 0 saturated carbocycles. The Kier molecular flexibility index (Phi) is 5.04. The highest BCUT2D eigenvalue weighted by Crippen LogP contribution is 2.24. The lowest BCUT2D eigenvalue weighted by Gasteiger charge is -2.33. The molecule has 0 bridgehead atoms. The van der Waals surface area contributed by atoms with Gasteiger partial charge in [-0.2, -0.15) is 4.98 Å². The third kappa shape index (κ3) is 3.64. The lowest BCUT2D eigenvalue weighted by Crippen LogP contribution is -2.39. The zero-order chi connectivity index (χ0) is 15.4. The van der Waals surface area contributed by atoms with E-state index in [-0.39, 0.29) is 6.04 Å². The van der Waals surface area contributed by atoms with Gasteiger partial charge in [-0.3, -0.25) is 4.90 Å². The number of halogens is 1. The summed E-state index contributed by atoms with van der Waals surface area (Å²) in [5.74, 6) is 1.12. The van der Waals surface area contributed by atoms with Gasteiger partial charge in [-0.25, -0.2) is 0 Å². The molecule has 1 atom stereocenters. The first-order valence-corrected chi connectivity index (χ1v) is 7.51. The molecule has 3 rings (SSSR count). The third-order valence-electron chi connectivity index (χ3n) is 3.59. The number of hydrogen-bond acceptors (Lipinski definition) is 6. The molecule has 1 aromatic heterocycles. The molecular formula is C15H18ClN3O3. The number of rotatable bonds is 5. The first kappa shape index (κ1) is 15.4. The van der Waals surface area contributed by atoms with Crippen LogP contribution in [0.25, 0.3) is 0 Å². The van der Waals surface area contributed by atoms with Crippen LogP contribution in [0.2, 0.25) is 5.02 Å². The van der Waals surface area contributed by atoms with E-state index >= 15 is 0 Å². The van der Waals surface area contributed by atoms with E-state index in [1.165, 1.54) is 5.56 Å². The highest BCUT2D eigenvalue weighted by molar-refractivity contribution is 6.30. The Bertz CT molecular complexity index is 602. The van der Waals surface area contributed by atoms with Crippen LogP contribution in [0.15, 0.2) is 28.8 Å². The summed E-state index contributed by atoms with van der Waals surface area (Å²) in [5, 5.41) is 4.80. The Balaban J connectivity index is 1.73. The SMILES string of the molecule is COCc1nc([C@@H]2COCCN2Cc2ccc(Cl)cc2)no1. The van der Waals surface area contributed by atoms with E-state index in [1.807, 2.05) is 24.3 Å². The molecule has 2 heterocycles. The van der Waals surface area contributed by atoms with Gasteiger partial charge in [0.25, 0.3) is 5.89 Å². The summed E-state index contributed by atoms with van der Waals surface area (Å²) in [6, 6.07) is 7.84. The van der Waals surface area contributed by atoms with E-state index in [9.17, 15) is 0 Å². The normalized spacial score (nSPS) is 19.5. The molecule has 2 aromatic rings. The number of hydrogen-bond donors (Lipinski definition) is 0. The average Bonchev–Trinajstić information content (AvgIpc) is 2.99. The average molecular weight is 324 g/mol. The number of methoxy groups -OCH3 is 1.